The van der Waals surface area contributed by atoms with E-state index in [-0.39, 0.29) is 0 Å². The number of benzene rings is 1. The van der Waals surface area contributed by atoms with E-state index in [1.807, 2.05) is 0 Å². The number of likely N-dealkylation sites (N-methyl/N-ethyl adjacent to an activating group) is 1. The summed E-state index contributed by atoms with van der Waals surface area (Å²) in [5.41, 5.74) is 2.46. The van der Waals surface area contributed by atoms with E-state index in [1.165, 1.54) is 49.5 Å². The zero-order valence-electron chi connectivity index (χ0n) is 14.2. The summed E-state index contributed by atoms with van der Waals surface area (Å²) in [6.07, 6.45) is 4.46. The quantitative estimate of drug-likeness (QED) is 0.712. The van der Waals surface area contributed by atoms with Crippen LogP contribution in [0.5, 0.6) is 0 Å². The summed E-state index contributed by atoms with van der Waals surface area (Å²) < 4.78 is 3.51. The van der Waals surface area contributed by atoms with Gasteiger partial charge in [0.25, 0.3) is 0 Å². The highest BCUT2D eigenvalue weighted by Gasteiger charge is 2.14. The summed E-state index contributed by atoms with van der Waals surface area (Å²) in [6.45, 7) is 5.99. The van der Waals surface area contributed by atoms with Crippen LogP contribution in [-0.4, -0.2) is 59.1 Å². The van der Waals surface area contributed by atoms with E-state index >= 15 is 0 Å². The molecule has 0 aliphatic carbocycles. The first-order valence-electron chi connectivity index (χ1n) is 8.73. The first-order valence-corrected chi connectivity index (χ1v) is 9.54. The monoisotopic (exact) mass is 340 g/mol. The molecular formula is C19H24N4S. The molecule has 3 aromatic rings. The van der Waals surface area contributed by atoms with E-state index in [9.17, 15) is 0 Å². The van der Waals surface area contributed by atoms with E-state index in [0.29, 0.717) is 0 Å². The highest BCUT2D eigenvalue weighted by atomic mass is 32.1. The van der Waals surface area contributed by atoms with E-state index in [2.05, 4.69) is 64.0 Å². The molecule has 4 rings (SSSR count). The van der Waals surface area contributed by atoms with Gasteiger partial charge in [-0.15, -0.1) is 0 Å². The fourth-order valence-corrected chi connectivity index (χ4v) is 4.31. The molecule has 5 heteroatoms. The smallest absolute Gasteiger partial charge is 0.194 e. The van der Waals surface area contributed by atoms with Crippen LogP contribution in [0, 0.1) is 0 Å². The minimum absolute atomic E-state index is 1.08. The molecule has 0 unspecified atom stereocenters. The molecule has 1 aromatic carbocycles. The number of rotatable bonds is 5. The van der Waals surface area contributed by atoms with Crippen molar-refractivity contribution in [1.29, 1.82) is 0 Å². The number of hydrogen-bond donors (Lipinski definition) is 0. The molecule has 0 N–H and O–H groups in total. The third kappa shape index (κ3) is 3.38. The van der Waals surface area contributed by atoms with Crippen molar-refractivity contribution in [1.82, 2.24) is 19.4 Å². The predicted octanol–water partition coefficient (Wildman–Crippen LogP) is 3.27. The van der Waals surface area contributed by atoms with Crippen molar-refractivity contribution in [2.24, 2.45) is 0 Å². The van der Waals surface area contributed by atoms with Crippen molar-refractivity contribution in [3.63, 3.8) is 0 Å². The number of thiazole rings is 1. The van der Waals surface area contributed by atoms with Gasteiger partial charge in [-0.3, -0.25) is 4.57 Å². The molecule has 2 aromatic heterocycles. The molecule has 0 spiro atoms. The summed E-state index contributed by atoms with van der Waals surface area (Å²) in [6, 6.07) is 12.7. The lowest BCUT2D eigenvalue weighted by atomic mass is 10.2. The summed E-state index contributed by atoms with van der Waals surface area (Å²) in [5.74, 6) is 0. The molecule has 24 heavy (non-hydrogen) atoms. The number of fused-ring (bicyclic) bond motifs is 1. The first-order chi connectivity index (χ1) is 11.8. The van der Waals surface area contributed by atoms with Gasteiger partial charge in [0.15, 0.2) is 5.13 Å². The molecule has 0 radical (unpaired) electrons. The standard InChI is InChI=1S/C19H24N4S/c1-21-12-14-22(15-13-21)10-4-6-16-7-5-11-23(16)19-20-17-8-2-3-9-18(17)24-19/h2-3,5,7-9,11H,4,6,10,12-15H2,1H3. The van der Waals surface area contributed by atoms with Gasteiger partial charge in [-0.1, -0.05) is 23.5 Å². The number of nitrogens with zero attached hydrogens (tertiary/aromatic N) is 4. The normalized spacial score (nSPS) is 16.9. The highest BCUT2D eigenvalue weighted by molar-refractivity contribution is 7.20. The summed E-state index contributed by atoms with van der Waals surface area (Å²) in [7, 11) is 2.21. The maximum absolute atomic E-state index is 4.79. The van der Waals surface area contributed by atoms with Crippen LogP contribution < -0.4 is 0 Å². The summed E-state index contributed by atoms with van der Waals surface area (Å²) in [5, 5.41) is 1.08. The first kappa shape index (κ1) is 15.8. The van der Waals surface area contributed by atoms with E-state index in [1.54, 1.807) is 11.3 Å². The van der Waals surface area contributed by atoms with Gasteiger partial charge < -0.3 is 9.80 Å². The van der Waals surface area contributed by atoms with Gasteiger partial charge in [0, 0.05) is 38.1 Å². The van der Waals surface area contributed by atoms with Crippen LogP contribution in [0.1, 0.15) is 12.1 Å². The number of piperazine rings is 1. The predicted molar refractivity (Wildman–Crippen MR) is 101 cm³/mol. The molecule has 1 saturated heterocycles. The van der Waals surface area contributed by atoms with Crippen molar-refractivity contribution in [2.75, 3.05) is 39.8 Å². The molecule has 0 atom stereocenters. The Hall–Kier alpha value is -1.69. The van der Waals surface area contributed by atoms with Gasteiger partial charge in [0.2, 0.25) is 0 Å². The SMILES string of the molecule is CN1CCN(CCCc2cccn2-c2nc3ccccc3s2)CC1. The van der Waals surface area contributed by atoms with Crippen molar-refractivity contribution >= 4 is 21.6 Å². The lowest BCUT2D eigenvalue weighted by molar-refractivity contribution is 0.153. The number of para-hydroxylation sites is 1. The Kier molecular flexibility index (Phi) is 4.65. The largest absolute Gasteiger partial charge is 0.304 e. The second-order valence-corrected chi connectivity index (χ2v) is 7.59. The number of aryl methyl sites for hydroxylation is 1. The second-order valence-electron chi connectivity index (χ2n) is 6.58. The highest BCUT2D eigenvalue weighted by Crippen LogP contribution is 2.26. The minimum Gasteiger partial charge on any atom is -0.304 e. The Balaban J connectivity index is 1.41. The van der Waals surface area contributed by atoms with Gasteiger partial charge in [0.05, 0.1) is 10.2 Å². The fraction of sp³-hybridized carbons (Fsp3) is 0.421. The van der Waals surface area contributed by atoms with Crippen LogP contribution >= 0.6 is 11.3 Å². The van der Waals surface area contributed by atoms with Crippen LogP contribution in [0.3, 0.4) is 0 Å². The molecule has 0 saturated carbocycles. The van der Waals surface area contributed by atoms with Crippen molar-refractivity contribution in [3.05, 3.63) is 48.3 Å². The van der Waals surface area contributed by atoms with Gasteiger partial charge >= 0.3 is 0 Å². The lowest BCUT2D eigenvalue weighted by Gasteiger charge is -2.32. The second kappa shape index (κ2) is 7.05. The molecule has 3 heterocycles. The minimum atomic E-state index is 1.08. The Morgan fingerprint density at radius 2 is 1.88 bits per heavy atom. The van der Waals surface area contributed by atoms with Crippen molar-refractivity contribution < 1.29 is 0 Å². The van der Waals surface area contributed by atoms with Crippen LogP contribution in [-0.2, 0) is 6.42 Å². The van der Waals surface area contributed by atoms with E-state index in [0.717, 1.165) is 17.1 Å². The summed E-state index contributed by atoms with van der Waals surface area (Å²) in [4.78, 5) is 9.79. The maximum Gasteiger partial charge on any atom is 0.194 e. The lowest BCUT2D eigenvalue weighted by Crippen LogP contribution is -2.44. The van der Waals surface area contributed by atoms with E-state index in [4.69, 9.17) is 4.98 Å². The molecule has 1 aliphatic heterocycles. The third-order valence-electron chi connectivity index (χ3n) is 4.83. The van der Waals surface area contributed by atoms with Crippen molar-refractivity contribution in [3.8, 4) is 5.13 Å². The molecule has 1 fully saturated rings. The number of aromatic nitrogens is 2. The van der Waals surface area contributed by atoms with Gasteiger partial charge in [-0.25, -0.2) is 4.98 Å². The third-order valence-corrected chi connectivity index (χ3v) is 5.86. The van der Waals surface area contributed by atoms with Crippen LogP contribution in [0.2, 0.25) is 0 Å². The fourth-order valence-electron chi connectivity index (χ4n) is 3.32. The van der Waals surface area contributed by atoms with Crippen LogP contribution in [0.25, 0.3) is 15.3 Å². The Morgan fingerprint density at radius 1 is 1.04 bits per heavy atom. The Morgan fingerprint density at radius 3 is 2.71 bits per heavy atom. The topological polar surface area (TPSA) is 24.3 Å². The van der Waals surface area contributed by atoms with Gasteiger partial charge in [-0.05, 0) is 50.7 Å². The molecule has 1 aliphatic rings. The van der Waals surface area contributed by atoms with Crippen LogP contribution in [0.4, 0.5) is 0 Å². The zero-order chi connectivity index (χ0) is 16.4. The molecular weight excluding hydrogens is 316 g/mol. The molecule has 126 valence electrons. The maximum atomic E-state index is 4.79. The summed E-state index contributed by atoms with van der Waals surface area (Å²) >= 11 is 1.77. The molecule has 4 nitrogen and oxygen atoms in total. The van der Waals surface area contributed by atoms with Gasteiger partial charge in [0.1, 0.15) is 0 Å². The average molecular weight is 340 g/mol. The van der Waals surface area contributed by atoms with E-state index < -0.39 is 0 Å². The molecule has 0 amide bonds. The van der Waals surface area contributed by atoms with Crippen LogP contribution in [0.15, 0.2) is 42.6 Å². The Labute approximate surface area is 147 Å². The number of hydrogen-bond acceptors (Lipinski definition) is 4. The Bertz CT molecular complexity index is 765. The average Bonchev–Trinajstić information content (AvgIpc) is 3.22. The van der Waals surface area contributed by atoms with Crippen molar-refractivity contribution in [2.45, 2.75) is 12.8 Å². The zero-order valence-corrected chi connectivity index (χ0v) is 15.0. The molecule has 0 bridgehead atoms. The van der Waals surface area contributed by atoms with Gasteiger partial charge in [-0.2, -0.15) is 0 Å².